The number of amides is 2. The van der Waals surface area contributed by atoms with E-state index in [2.05, 4.69) is 5.32 Å². The fraction of sp³-hybridized carbons (Fsp3) is 0.529. The van der Waals surface area contributed by atoms with Crippen LogP contribution in [0.4, 0.5) is 9.18 Å². The van der Waals surface area contributed by atoms with Gasteiger partial charge >= 0.3 is 6.09 Å². The van der Waals surface area contributed by atoms with Crippen molar-refractivity contribution in [1.29, 1.82) is 0 Å². The van der Waals surface area contributed by atoms with Crippen LogP contribution in [-0.4, -0.2) is 35.6 Å². The van der Waals surface area contributed by atoms with E-state index in [1.807, 2.05) is 20.8 Å². The van der Waals surface area contributed by atoms with Gasteiger partial charge in [-0.25, -0.2) is 9.18 Å². The molecule has 0 atom stereocenters. The Balaban J connectivity index is 1.67. The number of halogens is 1. The lowest BCUT2D eigenvalue weighted by molar-refractivity contribution is -0.123. The summed E-state index contributed by atoms with van der Waals surface area (Å²) in [7, 11) is 0. The van der Waals surface area contributed by atoms with Gasteiger partial charge in [0.05, 0.1) is 0 Å². The molecule has 6 heteroatoms. The van der Waals surface area contributed by atoms with Crippen molar-refractivity contribution >= 4 is 12.0 Å². The van der Waals surface area contributed by atoms with Crippen LogP contribution in [0.15, 0.2) is 24.3 Å². The third-order valence-electron chi connectivity index (χ3n) is 3.46. The number of carbonyl (C=O) groups is 2. The third-order valence-corrected chi connectivity index (χ3v) is 3.46. The molecule has 1 heterocycles. The summed E-state index contributed by atoms with van der Waals surface area (Å²) in [5.74, 6) is -0.262. The normalized spacial score (nSPS) is 15.0. The maximum Gasteiger partial charge on any atom is 0.410 e. The molecule has 1 aromatic rings. The maximum absolute atomic E-state index is 13.0. The van der Waals surface area contributed by atoms with Crippen molar-refractivity contribution < 1.29 is 18.7 Å². The largest absolute Gasteiger partial charge is 0.444 e. The Hall–Kier alpha value is -2.11. The Morgan fingerprint density at radius 3 is 2.65 bits per heavy atom. The molecule has 1 aliphatic rings. The number of rotatable bonds is 4. The topological polar surface area (TPSA) is 58.6 Å². The predicted octanol–water partition coefficient (Wildman–Crippen LogP) is 2.70. The first-order valence-corrected chi connectivity index (χ1v) is 7.72. The van der Waals surface area contributed by atoms with E-state index in [0.29, 0.717) is 26.1 Å². The summed E-state index contributed by atoms with van der Waals surface area (Å²) >= 11 is 0. The lowest BCUT2D eigenvalue weighted by atomic mass is 9.96. The van der Waals surface area contributed by atoms with E-state index in [4.69, 9.17) is 4.74 Å². The molecule has 1 fully saturated rings. The van der Waals surface area contributed by atoms with Crippen LogP contribution in [0.2, 0.25) is 0 Å². The molecule has 1 aliphatic heterocycles. The Bertz CT molecular complexity index is 577. The molecule has 1 N–H and O–H groups in total. The van der Waals surface area contributed by atoms with Crippen molar-refractivity contribution in [3.05, 3.63) is 35.6 Å². The zero-order chi connectivity index (χ0) is 17.0. The standard InChI is InChI=1S/C17H23FN2O3/c1-17(2,3)23-16(22)20-10-13(11-20)8-15(21)19-9-12-5-4-6-14(18)7-12/h4-7,13H,8-11H2,1-3H3,(H,19,21). The number of ether oxygens (including phenoxy) is 1. The van der Waals surface area contributed by atoms with Crippen LogP contribution < -0.4 is 5.32 Å². The number of nitrogens with zero attached hydrogens (tertiary/aromatic N) is 1. The summed E-state index contributed by atoms with van der Waals surface area (Å²) in [6, 6.07) is 6.14. The zero-order valence-corrected chi connectivity index (χ0v) is 13.8. The quantitative estimate of drug-likeness (QED) is 0.927. The van der Waals surface area contributed by atoms with E-state index in [1.54, 1.807) is 17.0 Å². The Kier molecular flexibility index (Phi) is 5.23. The average Bonchev–Trinajstić information content (AvgIpc) is 2.38. The van der Waals surface area contributed by atoms with E-state index in [9.17, 15) is 14.0 Å². The summed E-state index contributed by atoms with van der Waals surface area (Å²) in [6.45, 7) is 6.83. The van der Waals surface area contributed by atoms with Gasteiger partial charge in [0, 0.05) is 32.0 Å². The van der Waals surface area contributed by atoms with Gasteiger partial charge in [0.1, 0.15) is 11.4 Å². The smallest absolute Gasteiger partial charge is 0.410 e. The minimum Gasteiger partial charge on any atom is -0.444 e. The number of nitrogens with one attached hydrogen (secondary N) is 1. The molecule has 1 saturated heterocycles. The molecule has 0 bridgehead atoms. The van der Waals surface area contributed by atoms with Gasteiger partial charge in [0.2, 0.25) is 5.91 Å². The summed E-state index contributed by atoms with van der Waals surface area (Å²) in [5.41, 5.74) is 0.215. The van der Waals surface area contributed by atoms with Crippen LogP contribution in [0.1, 0.15) is 32.8 Å². The van der Waals surface area contributed by atoms with Gasteiger partial charge < -0.3 is 15.0 Å². The van der Waals surface area contributed by atoms with Gasteiger partial charge in [-0.3, -0.25) is 4.79 Å². The highest BCUT2D eigenvalue weighted by atomic mass is 19.1. The van der Waals surface area contributed by atoms with E-state index < -0.39 is 5.60 Å². The highest BCUT2D eigenvalue weighted by molar-refractivity contribution is 5.77. The molecule has 0 unspecified atom stereocenters. The predicted molar refractivity (Wildman–Crippen MR) is 84.2 cm³/mol. The van der Waals surface area contributed by atoms with Crippen LogP contribution in [0.25, 0.3) is 0 Å². The summed E-state index contributed by atoms with van der Waals surface area (Å²) in [4.78, 5) is 25.2. The zero-order valence-electron chi connectivity index (χ0n) is 13.8. The minimum absolute atomic E-state index is 0.0944. The van der Waals surface area contributed by atoms with E-state index in [-0.39, 0.29) is 23.7 Å². The van der Waals surface area contributed by atoms with Crippen molar-refractivity contribution in [2.45, 2.75) is 39.3 Å². The van der Waals surface area contributed by atoms with Gasteiger partial charge in [-0.05, 0) is 38.5 Å². The first-order chi connectivity index (χ1) is 10.7. The van der Waals surface area contributed by atoms with Crippen LogP contribution >= 0.6 is 0 Å². The molecular formula is C17H23FN2O3. The Morgan fingerprint density at radius 1 is 1.35 bits per heavy atom. The molecule has 2 amide bonds. The monoisotopic (exact) mass is 322 g/mol. The second kappa shape index (κ2) is 6.98. The lowest BCUT2D eigenvalue weighted by Crippen LogP contribution is -2.52. The SMILES string of the molecule is CC(C)(C)OC(=O)N1CC(CC(=O)NCc2cccc(F)c2)C1. The second-order valence-electron chi connectivity index (χ2n) is 6.86. The summed E-state index contributed by atoms with van der Waals surface area (Å²) in [5, 5.41) is 2.77. The van der Waals surface area contributed by atoms with Crippen molar-refractivity contribution in [1.82, 2.24) is 10.2 Å². The molecule has 0 radical (unpaired) electrons. The van der Waals surface area contributed by atoms with Crippen LogP contribution in [-0.2, 0) is 16.1 Å². The molecule has 0 aromatic heterocycles. The Morgan fingerprint density at radius 2 is 2.04 bits per heavy atom. The molecular weight excluding hydrogens is 299 g/mol. The molecule has 2 rings (SSSR count). The maximum atomic E-state index is 13.0. The van der Waals surface area contributed by atoms with Crippen molar-refractivity contribution in [3.63, 3.8) is 0 Å². The molecule has 0 spiro atoms. The first-order valence-electron chi connectivity index (χ1n) is 7.72. The second-order valence-corrected chi connectivity index (χ2v) is 6.86. The summed E-state index contributed by atoms with van der Waals surface area (Å²) < 4.78 is 18.3. The molecule has 0 saturated carbocycles. The number of hydrogen-bond donors (Lipinski definition) is 1. The summed E-state index contributed by atoms with van der Waals surface area (Å²) in [6.07, 6.45) is 0.0168. The van der Waals surface area contributed by atoms with Gasteiger partial charge in [-0.2, -0.15) is 0 Å². The van der Waals surface area contributed by atoms with E-state index in [1.165, 1.54) is 12.1 Å². The fourth-order valence-corrected chi connectivity index (χ4v) is 2.36. The van der Waals surface area contributed by atoms with Crippen molar-refractivity contribution in [2.75, 3.05) is 13.1 Å². The molecule has 5 nitrogen and oxygen atoms in total. The average molecular weight is 322 g/mol. The van der Waals surface area contributed by atoms with Crippen molar-refractivity contribution in [2.24, 2.45) is 5.92 Å². The highest BCUT2D eigenvalue weighted by Gasteiger charge is 2.34. The van der Waals surface area contributed by atoms with Crippen LogP contribution in [0, 0.1) is 11.7 Å². The van der Waals surface area contributed by atoms with E-state index in [0.717, 1.165) is 5.56 Å². The minimum atomic E-state index is -0.509. The van der Waals surface area contributed by atoms with Gasteiger partial charge in [0.15, 0.2) is 0 Å². The number of carbonyl (C=O) groups excluding carboxylic acids is 2. The third kappa shape index (κ3) is 5.54. The Labute approximate surface area is 135 Å². The van der Waals surface area contributed by atoms with E-state index >= 15 is 0 Å². The first kappa shape index (κ1) is 17.2. The van der Waals surface area contributed by atoms with Gasteiger partial charge in [-0.15, -0.1) is 0 Å². The molecule has 1 aromatic carbocycles. The lowest BCUT2D eigenvalue weighted by Gasteiger charge is -2.39. The van der Waals surface area contributed by atoms with Gasteiger partial charge in [-0.1, -0.05) is 12.1 Å². The number of hydrogen-bond acceptors (Lipinski definition) is 3. The molecule has 0 aliphatic carbocycles. The van der Waals surface area contributed by atoms with Crippen LogP contribution in [0.3, 0.4) is 0 Å². The molecule has 126 valence electrons. The number of likely N-dealkylation sites (tertiary alicyclic amines) is 1. The fourth-order valence-electron chi connectivity index (χ4n) is 2.36. The van der Waals surface area contributed by atoms with Crippen molar-refractivity contribution in [3.8, 4) is 0 Å². The van der Waals surface area contributed by atoms with Gasteiger partial charge in [0.25, 0.3) is 0 Å². The molecule has 23 heavy (non-hydrogen) atoms. The van der Waals surface area contributed by atoms with Crippen LogP contribution in [0.5, 0.6) is 0 Å². The highest BCUT2D eigenvalue weighted by Crippen LogP contribution is 2.22. The number of benzene rings is 1.